The third-order valence-electron chi connectivity index (χ3n) is 6.73. The van der Waals surface area contributed by atoms with Crippen molar-refractivity contribution >= 4 is 11.0 Å². The van der Waals surface area contributed by atoms with Crippen molar-refractivity contribution < 1.29 is 64.2 Å². The number of aliphatic hydroxyl groups is 6. The number of ether oxygens (including phenoxy) is 4. The number of rotatable bonds is 6. The fourth-order valence-electron chi connectivity index (χ4n) is 4.48. The highest BCUT2D eigenvalue weighted by molar-refractivity contribution is 5.86. The van der Waals surface area contributed by atoms with Crippen molar-refractivity contribution in [3.63, 3.8) is 0 Å². The summed E-state index contributed by atoms with van der Waals surface area (Å²) < 4.78 is 27.5. The molecule has 2 aliphatic heterocycles. The average molecular weight is 564 g/mol. The van der Waals surface area contributed by atoms with E-state index in [9.17, 15) is 45.6 Å². The minimum absolute atomic E-state index is 0.0149. The first-order chi connectivity index (χ1) is 19.0. The monoisotopic (exact) mass is 564 g/mol. The maximum absolute atomic E-state index is 12.7. The molecule has 40 heavy (non-hydrogen) atoms. The van der Waals surface area contributed by atoms with E-state index in [-0.39, 0.29) is 34.8 Å². The molecule has 5 rings (SSSR count). The lowest BCUT2D eigenvalue weighted by Gasteiger charge is -2.41. The summed E-state index contributed by atoms with van der Waals surface area (Å²) in [7, 11) is 0. The molecule has 3 heterocycles. The molecule has 9 unspecified atom stereocenters. The van der Waals surface area contributed by atoms with Crippen LogP contribution in [-0.2, 0) is 14.2 Å². The van der Waals surface area contributed by atoms with Gasteiger partial charge in [-0.2, -0.15) is 0 Å². The highest BCUT2D eigenvalue weighted by atomic mass is 16.7. The molecule has 2 aromatic carbocycles. The van der Waals surface area contributed by atoms with Gasteiger partial charge >= 0.3 is 0 Å². The summed E-state index contributed by atoms with van der Waals surface area (Å²) in [5.74, 6) is -0.454. The molecule has 9 atom stereocenters. The number of hydrogen-bond donors (Lipinski definition) is 8. The van der Waals surface area contributed by atoms with Gasteiger partial charge in [0.1, 0.15) is 76.7 Å². The lowest BCUT2D eigenvalue weighted by molar-refractivity contribution is -0.307. The van der Waals surface area contributed by atoms with E-state index in [0.29, 0.717) is 5.56 Å². The predicted molar refractivity (Wildman–Crippen MR) is 132 cm³/mol. The third-order valence-corrected chi connectivity index (χ3v) is 6.73. The van der Waals surface area contributed by atoms with E-state index in [4.69, 9.17) is 23.4 Å². The van der Waals surface area contributed by atoms with E-state index >= 15 is 0 Å². The Labute approximate surface area is 225 Å². The summed E-state index contributed by atoms with van der Waals surface area (Å²) in [6.45, 7) is -0.802. The summed E-state index contributed by atoms with van der Waals surface area (Å²) in [5.41, 5.74) is -0.147. The van der Waals surface area contributed by atoms with Gasteiger partial charge in [-0.1, -0.05) is 0 Å². The van der Waals surface area contributed by atoms with Crippen LogP contribution in [0.15, 0.2) is 51.7 Å². The Morgan fingerprint density at radius 1 is 0.825 bits per heavy atom. The van der Waals surface area contributed by atoms with Crippen LogP contribution in [-0.4, -0.2) is 109 Å². The zero-order valence-electron chi connectivity index (χ0n) is 20.7. The Morgan fingerprint density at radius 2 is 1.52 bits per heavy atom. The van der Waals surface area contributed by atoms with Crippen LogP contribution in [0.3, 0.4) is 0 Å². The molecule has 1 aromatic heterocycles. The molecule has 2 aliphatic rings. The van der Waals surface area contributed by atoms with E-state index in [1.54, 1.807) is 0 Å². The molecule has 0 aliphatic carbocycles. The van der Waals surface area contributed by atoms with Gasteiger partial charge in [0.2, 0.25) is 6.29 Å². The Bertz CT molecular complexity index is 1390. The molecule has 8 N–H and O–H groups in total. The van der Waals surface area contributed by atoms with Crippen LogP contribution < -0.4 is 10.2 Å². The molecule has 0 saturated carbocycles. The van der Waals surface area contributed by atoms with Gasteiger partial charge in [0, 0.05) is 23.8 Å². The van der Waals surface area contributed by atoms with Crippen LogP contribution in [0.1, 0.15) is 0 Å². The fraction of sp³-hybridized carbons (Fsp3) is 0.423. The minimum Gasteiger partial charge on any atom is -0.508 e. The first kappa shape index (κ1) is 28.2. The summed E-state index contributed by atoms with van der Waals surface area (Å²) in [4.78, 5) is 12.7. The molecular formula is C26H28O14. The van der Waals surface area contributed by atoms with Gasteiger partial charge < -0.3 is 64.2 Å². The molecular weight excluding hydrogens is 536 g/mol. The normalized spacial score (nSPS) is 32.7. The lowest BCUT2D eigenvalue weighted by Crippen LogP contribution is -2.61. The zero-order chi connectivity index (χ0) is 28.7. The Balaban J connectivity index is 1.35. The second kappa shape index (κ2) is 11.3. The standard InChI is InChI=1S/C26H28O14/c27-11-3-1-10(2-4-11)16-7-14(29)19-13(28)5-12(6-17(19)39-16)38-26-24(35)22(33)21(32)18(40-26)9-37-25-23(34)20(31)15(30)8-36-25/h1-7,15,18,20-28,30-35H,8-9H2. The number of benzene rings is 2. The number of aliphatic hydroxyl groups excluding tert-OH is 6. The van der Waals surface area contributed by atoms with Crippen LogP contribution in [0.5, 0.6) is 17.2 Å². The third kappa shape index (κ3) is 5.49. The lowest BCUT2D eigenvalue weighted by atomic mass is 9.99. The number of fused-ring (bicyclic) bond motifs is 1. The average Bonchev–Trinajstić information content (AvgIpc) is 2.92. The van der Waals surface area contributed by atoms with Gasteiger partial charge in [-0.3, -0.25) is 4.79 Å². The summed E-state index contributed by atoms with van der Waals surface area (Å²) in [6, 6.07) is 9.39. The van der Waals surface area contributed by atoms with E-state index in [2.05, 4.69) is 0 Å². The molecule has 14 heteroatoms. The van der Waals surface area contributed by atoms with Crippen molar-refractivity contribution in [1.29, 1.82) is 0 Å². The summed E-state index contributed by atoms with van der Waals surface area (Å²) in [6.07, 6.45) is -13.9. The van der Waals surface area contributed by atoms with Crippen molar-refractivity contribution in [2.45, 2.75) is 55.3 Å². The van der Waals surface area contributed by atoms with Gasteiger partial charge in [0.25, 0.3) is 0 Å². The van der Waals surface area contributed by atoms with Gasteiger partial charge in [0.05, 0.1) is 13.2 Å². The zero-order valence-corrected chi connectivity index (χ0v) is 20.7. The van der Waals surface area contributed by atoms with Crippen LogP contribution in [0, 0.1) is 0 Å². The van der Waals surface area contributed by atoms with Gasteiger partial charge in [-0.15, -0.1) is 0 Å². The molecule has 0 spiro atoms. The summed E-state index contributed by atoms with van der Waals surface area (Å²) in [5, 5.41) is 80.5. The number of phenolic OH excluding ortho intramolecular Hbond substituents is 2. The SMILES string of the molecule is O=c1cc(-c2ccc(O)cc2)oc2cc(OC3OC(COC4OCC(O)C(O)C4O)C(O)C(O)C3O)cc(O)c12. The number of hydrogen-bond acceptors (Lipinski definition) is 14. The first-order valence-corrected chi connectivity index (χ1v) is 12.3. The Morgan fingerprint density at radius 3 is 2.25 bits per heavy atom. The Hall–Kier alpha value is -3.31. The second-order valence-corrected chi connectivity index (χ2v) is 9.55. The van der Waals surface area contributed by atoms with E-state index < -0.39 is 73.1 Å². The largest absolute Gasteiger partial charge is 0.508 e. The van der Waals surface area contributed by atoms with Crippen molar-refractivity contribution in [2.24, 2.45) is 0 Å². The highest BCUT2D eigenvalue weighted by Gasteiger charge is 2.46. The van der Waals surface area contributed by atoms with Gasteiger partial charge in [0.15, 0.2) is 11.7 Å². The maximum atomic E-state index is 12.7. The maximum Gasteiger partial charge on any atom is 0.229 e. The molecule has 0 amide bonds. The van der Waals surface area contributed by atoms with E-state index in [0.717, 1.165) is 6.07 Å². The van der Waals surface area contributed by atoms with Crippen LogP contribution in [0.2, 0.25) is 0 Å². The molecule has 2 fully saturated rings. The topological polar surface area (TPSA) is 229 Å². The molecule has 3 aromatic rings. The molecule has 216 valence electrons. The molecule has 2 saturated heterocycles. The van der Waals surface area contributed by atoms with Crippen molar-refractivity contribution in [3.05, 3.63) is 52.7 Å². The van der Waals surface area contributed by atoms with Crippen molar-refractivity contribution in [3.8, 4) is 28.6 Å². The van der Waals surface area contributed by atoms with E-state index in [1.807, 2.05) is 0 Å². The van der Waals surface area contributed by atoms with Crippen molar-refractivity contribution in [1.82, 2.24) is 0 Å². The predicted octanol–water partition coefficient (Wildman–Crippen LogP) is -1.49. The molecule has 0 bridgehead atoms. The second-order valence-electron chi connectivity index (χ2n) is 9.55. The molecule has 0 radical (unpaired) electrons. The highest BCUT2D eigenvalue weighted by Crippen LogP contribution is 2.33. The van der Waals surface area contributed by atoms with Gasteiger partial charge in [-0.05, 0) is 24.3 Å². The minimum atomic E-state index is -1.76. The number of aromatic hydroxyl groups is 2. The number of phenols is 2. The van der Waals surface area contributed by atoms with Crippen molar-refractivity contribution in [2.75, 3.05) is 13.2 Å². The smallest absolute Gasteiger partial charge is 0.229 e. The van der Waals surface area contributed by atoms with Gasteiger partial charge in [-0.25, -0.2) is 0 Å². The van der Waals surface area contributed by atoms with Crippen LogP contribution >= 0.6 is 0 Å². The Kier molecular flexibility index (Phi) is 7.96. The van der Waals surface area contributed by atoms with Crippen LogP contribution in [0.25, 0.3) is 22.3 Å². The fourth-order valence-corrected chi connectivity index (χ4v) is 4.48. The first-order valence-electron chi connectivity index (χ1n) is 12.3. The van der Waals surface area contributed by atoms with Crippen LogP contribution in [0.4, 0.5) is 0 Å². The quantitative estimate of drug-likeness (QED) is 0.171. The summed E-state index contributed by atoms with van der Waals surface area (Å²) >= 11 is 0. The van der Waals surface area contributed by atoms with E-state index in [1.165, 1.54) is 36.4 Å². The molecule has 14 nitrogen and oxygen atoms in total.